The van der Waals surface area contributed by atoms with Gasteiger partial charge in [0.05, 0.1) is 24.0 Å². The van der Waals surface area contributed by atoms with Gasteiger partial charge in [-0.3, -0.25) is 4.79 Å². The Morgan fingerprint density at radius 1 is 1.33 bits per heavy atom. The molecule has 0 spiro atoms. The van der Waals surface area contributed by atoms with E-state index in [1.165, 1.54) is 12.3 Å². The topological polar surface area (TPSA) is 110 Å². The summed E-state index contributed by atoms with van der Waals surface area (Å²) in [6.07, 6.45) is 2.59. The van der Waals surface area contributed by atoms with E-state index in [0.717, 1.165) is 35.0 Å². The van der Waals surface area contributed by atoms with Gasteiger partial charge in [0.15, 0.2) is 5.69 Å². The van der Waals surface area contributed by atoms with E-state index >= 15 is 0 Å². The number of halogens is 2. The van der Waals surface area contributed by atoms with Crippen LogP contribution in [0.2, 0.25) is 0 Å². The van der Waals surface area contributed by atoms with Crippen LogP contribution in [0.4, 0.5) is 19.5 Å². The van der Waals surface area contributed by atoms with E-state index in [-0.39, 0.29) is 21.3 Å². The van der Waals surface area contributed by atoms with Crippen LogP contribution in [-0.4, -0.2) is 32.6 Å². The highest BCUT2D eigenvalue weighted by Gasteiger charge is 2.22. The highest BCUT2D eigenvalue weighted by Crippen LogP contribution is 2.35. The monoisotopic (exact) mass is 454 g/mol. The Labute approximate surface area is 179 Å². The molecule has 4 N–H and O–H groups in total. The number of hydrogen-bond donors (Lipinski definition) is 3. The Balaban J connectivity index is 1.71. The summed E-state index contributed by atoms with van der Waals surface area (Å²) in [5, 5.41) is 12.7. The quantitative estimate of drug-likeness (QED) is 0.438. The third-order valence-electron chi connectivity index (χ3n) is 4.00. The van der Waals surface area contributed by atoms with Crippen LogP contribution in [0.15, 0.2) is 24.4 Å². The molecule has 3 rings (SSSR count). The minimum absolute atomic E-state index is 0.0280. The van der Waals surface area contributed by atoms with E-state index in [2.05, 4.69) is 14.7 Å². The minimum atomic E-state index is -0.792. The van der Waals surface area contributed by atoms with E-state index in [0.29, 0.717) is 30.2 Å². The molecular formula is C19H20F2N4O3S2. The van der Waals surface area contributed by atoms with Crippen LogP contribution < -0.4 is 15.8 Å². The number of nitrogens with two attached hydrogens (primary N) is 1. The van der Waals surface area contributed by atoms with Crippen molar-refractivity contribution < 1.29 is 23.4 Å². The number of nitrogen functional groups attached to an aromatic ring is 1. The first-order valence-electron chi connectivity index (χ1n) is 8.97. The summed E-state index contributed by atoms with van der Waals surface area (Å²) in [6, 6.07) is 3.45. The fourth-order valence-electron chi connectivity index (χ4n) is 2.57. The summed E-state index contributed by atoms with van der Waals surface area (Å²) in [4.78, 5) is 16.6. The van der Waals surface area contributed by atoms with E-state index in [1.807, 2.05) is 0 Å². The standard InChI is InChI=1S/C19H20F2N4O3S2/c1-19(2,27)7-4-8-28-18-12(9-23-30-18)24-16(26)14-15(22)29-17(25-14)13-10(20)5-3-6-11(13)21/h3,5-6,9,27H,4,7-8,22H2,1-2H3,(H,24,26). The molecule has 3 aromatic rings. The molecule has 0 unspecified atom stereocenters. The molecule has 0 bridgehead atoms. The maximum atomic E-state index is 14.0. The molecule has 0 saturated heterocycles. The lowest BCUT2D eigenvalue weighted by Crippen LogP contribution is -2.19. The molecule has 160 valence electrons. The van der Waals surface area contributed by atoms with Gasteiger partial charge in [-0.25, -0.2) is 13.8 Å². The molecular weight excluding hydrogens is 434 g/mol. The number of thiazole rings is 1. The third kappa shape index (κ3) is 5.29. The van der Waals surface area contributed by atoms with Gasteiger partial charge >= 0.3 is 0 Å². The van der Waals surface area contributed by atoms with Crippen molar-refractivity contribution in [1.82, 2.24) is 9.36 Å². The molecule has 0 saturated carbocycles. The molecule has 7 nitrogen and oxygen atoms in total. The number of benzene rings is 1. The van der Waals surface area contributed by atoms with E-state index < -0.39 is 23.1 Å². The Hall–Kier alpha value is -2.63. The zero-order valence-corrected chi connectivity index (χ0v) is 17.9. The molecule has 0 aliphatic carbocycles. The Morgan fingerprint density at radius 2 is 2.03 bits per heavy atom. The second kappa shape index (κ2) is 9.02. The van der Waals surface area contributed by atoms with Gasteiger partial charge in [0.25, 0.3) is 5.91 Å². The lowest BCUT2D eigenvalue weighted by molar-refractivity contribution is 0.0643. The predicted molar refractivity (Wildman–Crippen MR) is 113 cm³/mol. The van der Waals surface area contributed by atoms with Crippen molar-refractivity contribution in [3.63, 3.8) is 0 Å². The average molecular weight is 455 g/mol. The summed E-state index contributed by atoms with van der Waals surface area (Å²) in [6.45, 7) is 3.76. The van der Waals surface area contributed by atoms with Crippen molar-refractivity contribution in [3.8, 4) is 15.6 Å². The SMILES string of the molecule is CC(C)(O)CCCOc1sncc1NC(=O)c1nc(-c2c(F)cccc2F)sc1N. The molecule has 2 heterocycles. The van der Waals surface area contributed by atoms with Gasteiger partial charge in [-0.15, -0.1) is 0 Å². The maximum Gasteiger partial charge on any atom is 0.277 e. The number of hydrogen-bond acceptors (Lipinski definition) is 8. The van der Waals surface area contributed by atoms with Gasteiger partial charge in [0.1, 0.15) is 27.3 Å². The number of aromatic nitrogens is 2. The number of carbonyl (C=O) groups is 1. The van der Waals surface area contributed by atoms with E-state index in [9.17, 15) is 18.7 Å². The maximum absolute atomic E-state index is 14.0. The van der Waals surface area contributed by atoms with Gasteiger partial charge in [0, 0.05) is 11.5 Å². The van der Waals surface area contributed by atoms with Gasteiger partial charge in [-0.1, -0.05) is 17.4 Å². The summed E-state index contributed by atoms with van der Waals surface area (Å²) < 4.78 is 37.6. The number of carbonyl (C=O) groups excluding carboxylic acids is 1. The molecule has 2 aromatic heterocycles. The number of nitrogens with zero attached hydrogens (tertiary/aromatic N) is 2. The van der Waals surface area contributed by atoms with Crippen molar-refractivity contribution >= 4 is 39.5 Å². The number of nitrogens with one attached hydrogen (secondary N) is 1. The number of amides is 1. The van der Waals surface area contributed by atoms with Gasteiger partial charge in [-0.05, 0) is 38.8 Å². The van der Waals surface area contributed by atoms with Crippen LogP contribution in [0.3, 0.4) is 0 Å². The van der Waals surface area contributed by atoms with Crippen LogP contribution in [0.5, 0.6) is 5.06 Å². The first kappa shape index (κ1) is 22.1. The Kier molecular flexibility index (Phi) is 6.64. The molecule has 11 heteroatoms. The number of rotatable bonds is 8. The highest BCUT2D eigenvalue weighted by atomic mass is 32.1. The summed E-state index contributed by atoms with van der Waals surface area (Å²) in [7, 11) is 0. The summed E-state index contributed by atoms with van der Waals surface area (Å²) in [5.74, 6) is -2.23. The fourth-order valence-corrected chi connectivity index (χ4v) is 4.04. The van der Waals surface area contributed by atoms with E-state index in [4.69, 9.17) is 10.5 Å². The zero-order valence-electron chi connectivity index (χ0n) is 16.2. The van der Waals surface area contributed by atoms with Crippen molar-refractivity contribution in [2.45, 2.75) is 32.3 Å². The molecule has 1 amide bonds. The first-order chi connectivity index (χ1) is 14.2. The van der Waals surface area contributed by atoms with Crippen LogP contribution in [0.1, 0.15) is 37.2 Å². The molecule has 1 aromatic carbocycles. The van der Waals surface area contributed by atoms with Crippen LogP contribution in [0, 0.1) is 11.6 Å². The largest absolute Gasteiger partial charge is 0.481 e. The van der Waals surface area contributed by atoms with Gasteiger partial charge in [-0.2, -0.15) is 4.37 Å². The van der Waals surface area contributed by atoms with Gasteiger partial charge < -0.3 is 20.9 Å². The normalized spacial score (nSPS) is 11.5. The third-order valence-corrected chi connectivity index (χ3v) is 5.61. The molecule has 0 aliphatic rings. The molecule has 30 heavy (non-hydrogen) atoms. The minimum Gasteiger partial charge on any atom is -0.481 e. The smallest absolute Gasteiger partial charge is 0.277 e. The van der Waals surface area contributed by atoms with E-state index in [1.54, 1.807) is 13.8 Å². The lowest BCUT2D eigenvalue weighted by Gasteiger charge is -2.16. The number of aliphatic hydroxyl groups is 1. The fraction of sp³-hybridized carbons (Fsp3) is 0.316. The van der Waals surface area contributed by atoms with Crippen molar-refractivity contribution in [2.75, 3.05) is 17.7 Å². The lowest BCUT2D eigenvalue weighted by atomic mass is 10.0. The van der Waals surface area contributed by atoms with Crippen molar-refractivity contribution in [2.24, 2.45) is 0 Å². The van der Waals surface area contributed by atoms with Crippen LogP contribution >= 0.6 is 22.9 Å². The second-order valence-electron chi connectivity index (χ2n) is 7.07. The Morgan fingerprint density at radius 3 is 2.70 bits per heavy atom. The summed E-state index contributed by atoms with van der Waals surface area (Å²) in [5.41, 5.74) is 4.94. The first-order valence-corrected chi connectivity index (χ1v) is 10.6. The van der Waals surface area contributed by atoms with Crippen molar-refractivity contribution in [3.05, 3.63) is 41.7 Å². The second-order valence-corrected chi connectivity index (χ2v) is 8.87. The van der Waals surface area contributed by atoms with Gasteiger partial charge in [0.2, 0.25) is 5.06 Å². The molecule has 0 fully saturated rings. The van der Waals surface area contributed by atoms with Crippen molar-refractivity contribution in [1.29, 1.82) is 0 Å². The summed E-state index contributed by atoms with van der Waals surface area (Å²) >= 11 is 1.88. The van der Waals surface area contributed by atoms with Crippen LogP contribution in [0.25, 0.3) is 10.6 Å². The average Bonchev–Trinajstić information content (AvgIpc) is 3.24. The zero-order chi connectivity index (χ0) is 21.9. The molecule has 0 radical (unpaired) electrons. The highest BCUT2D eigenvalue weighted by molar-refractivity contribution is 7.19. The molecule has 0 atom stereocenters. The Bertz CT molecular complexity index is 1030. The number of ether oxygens (including phenoxy) is 1. The number of anilines is 2. The predicted octanol–water partition coefficient (Wildman–Crippen LogP) is 4.31. The molecule has 0 aliphatic heterocycles. The van der Waals surface area contributed by atoms with Crippen LogP contribution in [-0.2, 0) is 0 Å².